The highest BCUT2D eigenvalue weighted by Gasteiger charge is 2.39. The van der Waals surface area contributed by atoms with E-state index in [4.69, 9.17) is 0 Å². The number of hydrogen-bond donors (Lipinski definition) is 4. The molecule has 1 fully saturated rings. The van der Waals surface area contributed by atoms with Crippen LogP contribution in [0.25, 0.3) is 0 Å². The Kier molecular flexibility index (Phi) is 6.65. The van der Waals surface area contributed by atoms with Gasteiger partial charge in [-0.25, -0.2) is 9.18 Å². The van der Waals surface area contributed by atoms with Crippen LogP contribution >= 0.6 is 33.9 Å². The maximum Gasteiger partial charge on any atom is 0.327 e. The van der Waals surface area contributed by atoms with Crippen LogP contribution in [0.2, 0.25) is 0 Å². The summed E-state index contributed by atoms with van der Waals surface area (Å²) in [5.41, 5.74) is 0.667. The van der Waals surface area contributed by atoms with Crippen LogP contribution in [0.3, 0.4) is 0 Å². The number of fused-ring (bicyclic) bond motifs is 1. The molecule has 11 heteroatoms. The zero-order valence-electron chi connectivity index (χ0n) is 18.1. The number of carboxylic acid groups (broad SMARTS) is 1. The average Bonchev–Trinajstić information content (AvgIpc) is 3.05. The van der Waals surface area contributed by atoms with Crippen LogP contribution in [0.5, 0.6) is 0 Å². The van der Waals surface area contributed by atoms with Crippen molar-refractivity contribution in [2.24, 2.45) is 5.41 Å². The Morgan fingerprint density at radius 2 is 2.12 bits per heavy atom. The highest BCUT2D eigenvalue weighted by molar-refractivity contribution is 14.1. The molecule has 4 rings (SSSR count). The molecule has 0 spiro atoms. The largest absolute Gasteiger partial charge is 0.480 e. The standard InChI is InChI=1S/C22H24FIN4O4S/c1-22(2)8-12-16(20(30)28-6-5-25-9-15(28)21(31)32)19(33-17(12)18(29)26-10-22)27-14-4-3-11(24)7-13(14)23/h3-4,7,15,25,27H,5-6,8-10H2,1-2H3,(H,26,29)(H,31,32). The number of carbonyl (C=O) groups excluding carboxylic acids is 2. The van der Waals surface area contributed by atoms with Gasteiger partial charge in [-0.3, -0.25) is 9.59 Å². The van der Waals surface area contributed by atoms with Crippen molar-refractivity contribution in [1.29, 1.82) is 0 Å². The van der Waals surface area contributed by atoms with Crippen LogP contribution < -0.4 is 16.0 Å². The van der Waals surface area contributed by atoms with Gasteiger partial charge in [0.2, 0.25) is 0 Å². The topological polar surface area (TPSA) is 111 Å². The molecule has 176 valence electrons. The summed E-state index contributed by atoms with van der Waals surface area (Å²) < 4.78 is 15.3. The van der Waals surface area contributed by atoms with Gasteiger partial charge in [-0.15, -0.1) is 11.3 Å². The van der Waals surface area contributed by atoms with Crippen molar-refractivity contribution in [3.8, 4) is 0 Å². The van der Waals surface area contributed by atoms with Crippen molar-refractivity contribution in [2.45, 2.75) is 26.3 Å². The average molecular weight is 586 g/mol. The second-order valence-corrected chi connectivity index (χ2v) is 11.2. The fourth-order valence-electron chi connectivity index (χ4n) is 4.10. The van der Waals surface area contributed by atoms with Gasteiger partial charge in [-0.1, -0.05) is 13.8 Å². The first-order valence-electron chi connectivity index (χ1n) is 10.5. The molecule has 2 aromatic rings. The van der Waals surface area contributed by atoms with Crippen molar-refractivity contribution in [1.82, 2.24) is 15.5 Å². The van der Waals surface area contributed by atoms with Crippen LogP contribution in [0.1, 0.15) is 39.4 Å². The number of carboxylic acids is 1. The number of thiophene rings is 1. The number of carbonyl (C=O) groups is 3. The van der Waals surface area contributed by atoms with Gasteiger partial charge in [-0.2, -0.15) is 0 Å². The Labute approximate surface area is 208 Å². The van der Waals surface area contributed by atoms with E-state index < -0.39 is 23.7 Å². The first kappa shape index (κ1) is 23.9. The maximum absolute atomic E-state index is 14.6. The van der Waals surface area contributed by atoms with Crippen molar-refractivity contribution >= 4 is 62.4 Å². The summed E-state index contributed by atoms with van der Waals surface area (Å²) in [5, 5.41) is 18.9. The zero-order valence-corrected chi connectivity index (χ0v) is 21.1. The van der Waals surface area contributed by atoms with E-state index in [9.17, 15) is 23.9 Å². The molecule has 1 saturated heterocycles. The number of rotatable bonds is 4. The van der Waals surface area contributed by atoms with Gasteiger partial charge < -0.3 is 26.0 Å². The lowest BCUT2D eigenvalue weighted by Gasteiger charge is -2.34. The van der Waals surface area contributed by atoms with Crippen molar-refractivity contribution in [2.75, 3.05) is 31.5 Å². The molecule has 1 aromatic carbocycles. The quantitative estimate of drug-likeness (QED) is 0.411. The number of halogens is 2. The van der Waals surface area contributed by atoms with E-state index in [1.165, 1.54) is 11.0 Å². The van der Waals surface area contributed by atoms with E-state index >= 15 is 0 Å². The van der Waals surface area contributed by atoms with Gasteiger partial charge in [0.05, 0.1) is 16.1 Å². The lowest BCUT2D eigenvalue weighted by molar-refractivity contribution is -0.142. The Hall–Kier alpha value is -2.25. The van der Waals surface area contributed by atoms with Gasteiger partial charge >= 0.3 is 5.97 Å². The molecular formula is C22H24FIN4O4S. The van der Waals surface area contributed by atoms with Gasteiger partial charge in [0.25, 0.3) is 11.8 Å². The third kappa shape index (κ3) is 4.85. The van der Waals surface area contributed by atoms with Gasteiger partial charge in [0, 0.05) is 29.7 Å². The highest BCUT2D eigenvalue weighted by Crippen LogP contribution is 2.41. The van der Waals surface area contributed by atoms with Crippen molar-refractivity contribution < 1.29 is 23.9 Å². The van der Waals surface area contributed by atoms with Crippen LogP contribution in [0.15, 0.2) is 18.2 Å². The minimum absolute atomic E-state index is 0.133. The zero-order chi connectivity index (χ0) is 23.9. The number of piperazine rings is 1. The van der Waals surface area contributed by atoms with E-state index in [1.54, 1.807) is 12.1 Å². The fraction of sp³-hybridized carbons (Fsp3) is 0.409. The summed E-state index contributed by atoms with van der Waals surface area (Å²) in [6, 6.07) is 3.65. The number of nitrogens with one attached hydrogen (secondary N) is 3. The van der Waals surface area contributed by atoms with E-state index in [2.05, 4.69) is 16.0 Å². The van der Waals surface area contributed by atoms with Gasteiger partial charge in [0.15, 0.2) is 0 Å². The molecule has 2 aliphatic rings. The first-order chi connectivity index (χ1) is 15.6. The minimum Gasteiger partial charge on any atom is -0.480 e. The molecule has 2 aliphatic heterocycles. The summed E-state index contributed by atoms with van der Waals surface area (Å²) in [4.78, 5) is 40.2. The Balaban J connectivity index is 1.84. The summed E-state index contributed by atoms with van der Waals surface area (Å²) in [7, 11) is 0. The molecule has 2 amide bonds. The number of amides is 2. The normalized spacial score (nSPS) is 19.9. The Bertz CT molecular complexity index is 1140. The number of nitrogens with zero attached hydrogens (tertiary/aromatic N) is 1. The van der Waals surface area contributed by atoms with E-state index in [0.717, 1.165) is 14.9 Å². The Morgan fingerprint density at radius 3 is 2.82 bits per heavy atom. The SMILES string of the molecule is CC1(C)CNC(=O)c2sc(Nc3ccc(I)cc3F)c(C(=O)N3CCNCC3C(=O)O)c2C1. The molecule has 0 aliphatic carbocycles. The molecule has 1 atom stereocenters. The van der Waals surface area contributed by atoms with Gasteiger partial charge in [0.1, 0.15) is 16.9 Å². The predicted molar refractivity (Wildman–Crippen MR) is 132 cm³/mol. The van der Waals surface area contributed by atoms with Crippen molar-refractivity contribution in [3.05, 3.63) is 43.6 Å². The van der Waals surface area contributed by atoms with E-state index in [0.29, 0.717) is 35.0 Å². The third-order valence-electron chi connectivity index (χ3n) is 5.78. The van der Waals surface area contributed by atoms with Crippen molar-refractivity contribution in [3.63, 3.8) is 0 Å². The minimum atomic E-state index is -1.10. The van der Waals surface area contributed by atoms with E-state index in [-0.39, 0.29) is 35.7 Å². The number of anilines is 2. The van der Waals surface area contributed by atoms with Crippen LogP contribution in [-0.4, -0.2) is 60.0 Å². The second-order valence-electron chi connectivity index (χ2n) is 8.94. The smallest absolute Gasteiger partial charge is 0.327 e. The Morgan fingerprint density at radius 1 is 1.36 bits per heavy atom. The van der Waals surface area contributed by atoms with E-state index in [1.807, 2.05) is 36.4 Å². The van der Waals surface area contributed by atoms with Crippen LogP contribution in [0, 0.1) is 14.8 Å². The molecule has 0 bridgehead atoms. The third-order valence-corrected chi connectivity index (χ3v) is 7.60. The van der Waals surface area contributed by atoms with Crippen LogP contribution in [0.4, 0.5) is 15.1 Å². The molecular weight excluding hydrogens is 562 g/mol. The summed E-state index contributed by atoms with van der Waals surface area (Å²) in [5.74, 6) is -2.35. The number of aliphatic carboxylic acids is 1. The monoisotopic (exact) mass is 586 g/mol. The maximum atomic E-state index is 14.6. The second kappa shape index (κ2) is 9.18. The summed E-state index contributed by atoms with van der Waals surface area (Å²) in [6.45, 7) is 5.24. The molecule has 1 unspecified atom stereocenters. The highest BCUT2D eigenvalue weighted by atomic mass is 127. The number of benzene rings is 1. The lowest BCUT2D eigenvalue weighted by atomic mass is 9.85. The molecule has 8 nitrogen and oxygen atoms in total. The molecule has 1 aromatic heterocycles. The summed E-state index contributed by atoms with van der Waals surface area (Å²) >= 11 is 3.10. The molecule has 0 radical (unpaired) electrons. The predicted octanol–water partition coefficient (Wildman–Crippen LogP) is 3.05. The number of hydrogen-bond acceptors (Lipinski definition) is 6. The molecule has 0 saturated carbocycles. The fourth-order valence-corrected chi connectivity index (χ4v) is 5.69. The molecule has 3 heterocycles. The lowest BCUT2D eigenvalue weighted by Crippen LogP contribution is -2.57. The van der Waals surface area contributed by atoms with Gasteiger partial charge in [-0.05, 0) is 58.2 Å². The molecule has 4 N–H and O–H groups in total. The molecule has 33 heavy (non-hydrogen) atoms. The first-order valence-corrected chi connectivity index (χ1v) is 12.4. The summed E-state index contributed by atoms with van der Waals surface area (Å²) in [6.07, 6.45) is 0.444. The van der Waals surface area contributed by atoms with Crippen LogP contribution in [-0.2, 0) is 11.2 Å².